The van der Waals surface area contributed by atoms with Gasteiger partial charge in [-0.1, -0.05) is 24.3 Å². The Morgan fingerprint density at radius 1 is 1.21 bits per heavy atom. The number of fused-ring (bicyclic) bond motifs is 1. The van der Waals surface area contributed by atoms with Crippen LogP contribution in [0.25, 0.3) is 10.8 Å². The summed E-state index contributed by atoms with van der Waals surface area (Å²) < 4.78 is 11.5. The van der Waals surface area contributed by atoms with E-state index in [4.69, 9.17) is 11.6 Å². The molecule has 2 aromatic rings. The Morgan fingerprint density at radius 2 is 1.89 bits per heavy atom. The summed E-state index contributed by atoms with van der Waals surface area (Å²) in [5.74, 6) is 2.92. The van der Waals surface area contributed by atoms with Gasteiger partial charge in [-0.05, 0) is 10.9 Å². The highest BCUT2D eigenvalue weighted by molar-refractivity contribution is 7.85. The summed E-state index contributed by atoms with van der Waals surface area (Å²) in [4.78, 5) is 6.79. The standard InChI is InChI=1S/C14H15ClN2OS/c15-9-11-10-16-14(13-4-2-1-3-12(11)13)17-5-7-19(18)8-6-17/h1-4,10H,5-9H2. The summed E-state index contributed by atoms with van der Waals surface area (Å²) in [6.45, 7) is 1.62. The first-order valence-corrected chi connectivity index (χ1v) is 8.34. The van der Waals surface area contributed by atoms with E-state index in [-0.39, 0.29) is 0 Å². The maximum Gasteiger partial charge on any atom is 0.136 e. The minimum atomic E-state index is -0.665. The highest BCUT2D eigenvalue weighted by Gasteiger charge is 2.19. The van der Waals surface area contributed by atoms with Crippen molar-refractivity contribution in [3.05, 3.63) is 36.0 Å². The third-order valence-corrected chi connectivity index (χ3v) is 5.04. The summed E-state index contributed by atoms with van der Waals surface area (Å²) >= 11 is 5.97. The van der Waals surface area contributed by atoms with Crippen LogP contribution in [0.1, 0.15) is 5.56 Å². The maximum absolute atomic E-state index is 11.5. The highest BCUT2D eigenvalue weighted by atomic mass is 35.5. The molecular weight excluding hydrogens is 280 g/mol. The average Bonchev–Trinajstić information content (AvgIpc) is 2.47. The van der Waals surface area contributed by atoms with Gasteiger partial charge in [0.1, 0.15) is 5.82 Å². The molecule has 1 fully saturated rings. The van der Waals surface area contributed by atoms with Gasteiger partial charge in [0, 0.05) is 52.9 Å². The van der Waals surface area contributed by atoms with Crippen LogP contribution in [0.15, 0.2) is 30.5 Å². The Labute approximate surface area is 120 Å². The molecule has 0 spiro atoms. The lowest BCUT2D eigenvalue weighted by molar-refractivity contribution is 0.672. The van der Waals surface area contributed by atoms with Crippen molar-refractivity contribution in [1.29, 1.82) is 0 Å². The molecule has 1 aromatic carbocycles. The van der Waals surface area contributed by atoms with Crippen LogP contribution in [0.3, 0.4) is 0 Å². The molecule has 19 heavy (non-hydrogen) atoms. The normalized spacial score (nSPS) is 17.0. The molecule has 3 nitrogen and oxygen atoms in total. The van der Waals surface area contributed by atoms with E-state index in [1.165, 1.54) is 0 Å². The van der Waals surface area contributed by atoms with Crippen molar-refractivity contribution in [1.82, 2.24) is 4.98 Å². The Hall–Kier alpha value is -1.13. The van der Waals surface area contributed by atoms with Gasteiger partial charge in [-0.2, -0.15) is 0 Å². The molecule has 1 saturated heterocycles. The second-order valence-electron chi connectivity index (χ2n) is 4.62. The number of rotatable bonds is 2. The summed E-state index contributed by atoms with van der Waals surface area (Å²) in [7, 11) is -0.665. The lowest BCUT2D eigenvalue weighted by Crippen LogP contribution is -2.38. The summed E-state index contributed by atoms with van der Waals surface area (Å²) in [6.07, 6.45) is 1.86. The molecule has 0 atom stereocenters. The van der Waals surface area contributed by atoms with Gasteiger partial charge in [0.05, 0.1) is 0 Å². The second-order valence-corrected chi connectivity index (χ2v) is 6.58. The number of halogens is 1. The molecular formula is C14H15ClN2OS. The molecule has 2 heterocycles. The number of benzene rings is 1. The van der Waals surface area contributed by atoms with Crippen molar-refractivity contribution in [2.75, 3.05) is 29.5 Å². The average molecular weight is 295 g/mol. The number of pyridine rings is 1. The number of alkyl halides is 1. The molecule has 0 saturated carbocycles. The van der Waals surface area contributed by atoms with Crippen LogP contribution in [-0.4, -0.2) is 33.8 Å². The van der Waals surface area contributed by atoms with E-state index in [0.29, 0.717) is 5.88 Å². The predicted molar refractivity (Wildman–Crippen MR) is 81.4 cm³/mol. The molecule has 0 aliphatic carbocycles. The molecule has 0 radical (unpaired) electrons. The Bertz CT molecular complexity index is 622. The molecule has 0 N–H and O–H groups in total. The SMILES string of the molecule is O=S1CCN(c2ncc(CCl)c3ccccc23)CC1. The van der Waals surface area contributed by atoms with Crippen molar-refractivity contribution in [3.63, 3.8) is 0 Å². The second kappa shape index (κ2) is 5.47. The van der Waals surface area contributed by atoms with E-state index < -0.39 is 10.8 Å². The van der Waals surface area contributed by atoms with Crippen LogP contribution in [0.5, 0.6) is 0 Å². The fraction of sp³-hybridized carbons (Fsp3) is 0.357. The summed E-state index contributed by atoms with van der Waals surface area (Å²) in [6, 6.07) is 8.21. The lowest BCUT2D eigenvalue weighted by Gasteiger charge is -2.28. The van der Waals surface area contributed by atoms with Crippen LogP contribution < -0.4 is 4.90 Å². The molecule has 1 aromatic heterocycles. The molecule has 100 valence electrons. The molecule has 0 unspecified atom stereocenters. The van der Waals surface area contributed by atoms with Gasteiger partial charge in [0.15, 0.2) is 0 Å². The Kier molecular flexibility index (Phi) is 3.71. The zero-order valence-electron chi connectivity index (χ0n) is 10.5. The Balaban J connectivity index is 2.07. The van der Waals surface area contributed by atoms with Crippen molar-refractivity contribution >= 4 is 39.0 Å². The first kappa shape index (κ1) is 12.9. The van der Waals surface area contributed by atoms with Crippen LogP contribution in [0.2, 0.25) is 0 Å². The van der Waals surface area contributed by atoms with Crippen LogP contribution in [-0.2, 0) is 16.7 Å². The fourth-order valence-electron chi connectivity index (χ4n) is 2.44. The predicted octanol–water partition coefficient (Wildman–Crippen LogP) is 2.54. The first-order chi connectivity index (χ1) is 9.29. The quantitative estimate of drug-likeness (QED) is 0.798. The number of aromatic nitrogens is 1. The first-order valence-electron chi connectivity index (χ1n) is 6.32. The molecule has 0 amide bonds. The summed E-state index contributed by atoms with van der Waals surface area (Å²) in [5, 5.41) is 2.29. The largest absolute Gasteiger partial charge is 0.354 e. The van der Waals surface area contributed by atoms with Crippen LogP contribution in [0.4, 0.5) is 5.82 Å². The van der Waals surface area contributed by atoms with Gasteiger partial charge < -0.3 is 4.90 Å². The molecule has 1 aliphatic rings. The third kappa shape index (κ3) is 2.47. The van der Waals surface area contributed by atoms with Crippen molar-refractivity contribution in [2.45, 2.75) is 5.88 Å². The number of hydrogen-bond donors (Lipinski definition) is 0. The lowest BCUT2D eigenvalue weighted by atomic mass is 10.1. The van der Waals surface area contributed by atoms with E-state index >= 15 is 0 Å². The topological polar surface area (TPSA) is 33.2 Å². The van der Waals surface area contributed by atoms with Crippen LogP contribution in [0, 0.1) is 0 Å². The smallest absolute Gasteiger partial charge is 0.136 e. The van der Waals surface area contributed by atoms with E-state index in [1.807, 2.05) is 18.3 Å². The molecule has 1 aliphatic heterocycles. The highest BCUT2D eigenvalue weighted by Crippen LogP contribution is 2.28. The molecule has 5 heteroatoms. The number of hydrogen-bond acceptors (Lipinski definition) is 3. The number of nitrogens with zero attached hydrogens (tertiary/aromatic N) is 2. The van der Waals surface area contributed by atoms with Gasteiger partial charge in [-0.15, -0.1) is 11.6 Å². The van der Waals surface area contributed by atoms with E-state index in [2.05, 4.69) is 22.0 Å². The van der Waals surface area contributed by atoms with Crippen molar-refractivity contribution in [2.24, 2.45) is 0 Å². The van der Waals surface area contributed by atoms with Gasteiger partial charge in [-0.3, -0.25) is 4.21 Å². The molecule has 3 rings (SSSR count). The van der Waals surface area contributed by atoms with Crippen LogP contribution >= 0.6 is 11.6 Å². The van der Waals surface area contributed by atoms with Gasteiger partial charge in [0.25, 0.3) is 0 Å². The Morgan fingerprint density at radius 3 is 2.58 bits per heavy atom. The van der Waals surface area contributed by atoms with Crippen molar-refractivity contribution < 1.29 is 4.21 Å². The zero-order chi connectivity index (χ0) is 13.2. The van der Waals surface area contributed by atoms with Gasteiger partial charge in [0.2, 0.25) is 0 Å². The van der Waals surface area contributed by atoms with E-state index in [0.717, 1.165) is 46.7 Å². The third-order valence-electron chi connectivity index (χ3n) is 3.48. The van der Waals surface area contributed by atoms with E-state index in [9.17, 15) is 4.21 Å². The number of anilines is 1. The molecule has 0 bridgehead atoms. The fourth-order valence-corrected chi connectivity index (χ4v) is 3.71. The van der Waals surface area contributed by atoms with E-state index in [1.54, 1.807) is 0 Å². The van der Waals surface area contributed by atoms with Crippen molar-refractivity contribution in [3.8, 4) is 0 Å². The minimum Gasteiger partial charge on any atom is -0.354 e. The minimum absolute atomic E-state index is 0.470. The summed E-state index contributed by atoms with van der Waals surface area (Å²) in [5.41, 5.74) is 1.06. The van der Waals surface area contributed by atoms with Gasteiger partial charge in [-0.25, -0.2) is 4.98 Å². The zero-order valence-corrected chi connectivity index (χ0v) is 12.1. The monoisotopic (exact) mass is 294 g/mol. The van der Waals surface area contributed by atoms with Gasteiger partial charge >= 0.3 is 0 Å². The maximum atomic E-state index is 11.5.